The highest BCUT2D eigenvalue weighted by Gasteiger charge is 2.24. The highest BCUT2D eigenvalue weighted by molar-refractivity contribution is 5.92. The van der Waals surface area contributed by atoms with E-state index in [4.69, 9.17) is 5.73 Å². The second-order valence-electron chi connectivity index (χ2n) is 4.72. The number of benzene rings is 1. The summed E-state index contributed by atoms with van der Waals surface area (Å²) in [5.74, 6) is 0.741. The maximum atomic E-state index is 11.7. The predicted molar refractivity (Wildman–Crippen MR) is 66.3 cm³/mol. The van der Waals surface area contributed by atoms with Crippen LogP contribution in [0.1, 0.15) is 30.4 Å². The molecule has 0 unspecified atom stereocenters. The molecular formula is C13H18N2O. The molecule has 2 rings (SSSR count). The zero-order chi connectivity index (χ0) is 11.7. The third-order valence-electron chi connectivity index (χ3n) is 3.06. The Bertz CT molecular complexity index is 422. The highest BCUT2D eigenvalue weighted by atomic mass is 16.1. The molecule has 3 nitrogen and oxygen atoms in total. The monoisotopic (exact) mass is 218 g/mol. The van der Waals surface area contributed by atoms with Gasteiger partial charge in [-0.1, -0.05) is 0 Å². The van der Waals surface area contributed by atoms with Gasteiger partial charge < -0.3 is 11.1 Å². The molecular weight excluding hydrogens is 200 g/mol. The zero-order valence-corrected chi connectivity index (χ0v) is 9.84. The molecule has 1 aliphatic carbocycles. The van der Waals surface area contributed by atoms with E-state index in [1.165, 1.54) is 12.8 Å². The van der Waals surface area contributed by atoms with Crippen LogP contribution in [0.3, 0.4) is 0 Å². The molecule has 0 atom stereocenters. The van der Waals surface area contributed by atoms with Crippen molar-refractivity contribution in [3.8, 4) is 0 Å². The number of carbonyl (C=O) groups excluding carboxylic acids is 1. The van der Waals surface area contributed by atoms with Gasteiger partial charge in [-0.05, 0) is 55.9 Å². The van der Waals surface area contributed by atoms with Crippen molar-refractivity contribution in [1.82, 2.24) is 0 Å². The van der Waals surface area contributed by atoms with Crippen molar-refractivity contribution in [1.29, 1.82) is 0 Å². The van der Waals surface area contributed by atoms with Gasteiger partial charge in [0.2, 0.25) is 5.91 Å². The number of nitrogens with one attached hydrogen (secondary N) is 1. The van der Waals surface area contributed by atoms with E-state index in [9.17, 15) is 4.79 Å². The third-order valence-corrected chi connectivity index (χ3v) is 3.06. The van der Waals surface area contributed by atoms with Gasteiger partial charge in [-0.3, -0.25) is 4.79 Å². The normalized spacial score (nSPS) is 14.9. The minimum Gasteiger partial charge on any atom is -0.399 e. The van der Waals surface area contributed by atoms with Crippen LogP contribution < -0.4 is 11.1 Å². The number of nitrogen functional groups attached to an aromatic ring is 1. The largest absolute Gasteiger partial charge is 0.399 e. The fourth-order valence-corrected chi connectivity index (χ4v) is 1.76. The van der Waals surface area contributed by atoms with Crippen molar-refractivity contribution in [3.05, 3.63) is 23.3 Å². The summed E-state index contributed by atoms with van der Waals surface area (Å²) < 4.78 is 0. The van der Waals surface area contributed by atoms with Gasteiger partial charge in [-0.2, -0.15) is 0 Å². The number of rotatable bonds is 3. The molecule has 0 aromatic heterocycles. The zero-order valence-electron chi connectivity index (χ0n) is 9.84. The Hall–Kier alpha value is -1.51. The summed E-state index contributed by atoms with van der Waals surface area (Å²) in [6.45, 7) is 3.91. The van der Waals surface area contributed by atoms with Gasteiger partial charge in [0.25, 0.3) is 0 Å². The van der Waals surface area contributed by atoms with Gasteiger partial charge in [-0.25, -0.2) is 0 Å². The van der Waals surface area contributed by atoms with Crippen molar-refractivity contribution < 1.29 is 4.79 Å². The molecule has 1 amide bonds. The lowest BCUT2D eigenvalue weighted by molar-refractivity contribution is -0.116. The molecule has 0 radical (unpaired) electrons. The summed E-state index contributed by atoms with van der Waals surface area (Å²) in [6.07, 6.45) is 3.06. The number of amides is 1. The first-order valence-corrected chi connectivity index (χ1v) is 5.73. The Balaban J connectivity index is 2.07. The van der Waals surface area contributed by atoms with Gasteiger partial charge in [0.1, 0.15) is 0 Å². The SMILES string of the molecule is Cc1cc(NC(=O)CC2CC2)c(C)cc1N. The van der Waals surface area contributed by atoms with E-state index in [-0.39, 0.29) is 5.91 Å². The van der Waals surface area contributed by atoms with Gasteiger partial charge in [-0.15, -0.1) is 0 Å². The fraction of sp³-hybridized carbons (Fsp3) is 0.462. The molecule has 86 valence electrons. The lowest BCUT2D eigenvalue weighted by Crippen LogP contribution is -2.13. The first-order chi connectivity index (χ1) is 7.56. The smallest absolute Gasteiger partial charge is 0.224 e. The Morgan fingerprint density at radius 1 is 1.38 bits per heavy atom. The van der Waals surface area contributed by atoms with E-state index < -0.39 is 0 Å². The molecule has 3 heteroatoms. The minimum atomic E-state index is 0.120. The number of carbonyl (C=O) groups is 1. The topological polar surface area (TPSA) is 55.1 Å². The Morgan fingerprint density at radius 3 is 2.69 bits per heavy atom. The molecule has 0 aliphatic heterocycles. The van der Waals surface area contributed by atoms with Crippen molar-refractivity contribution in [2.75, 3.05) is 11.1 Å². The van der Waals surface area contributed by atoms with Crippen LogP contribution in [0.15, 0.2) is 12.1 Å². The maximum Gasteiger partial charge on any atom is 0.224 e. The van der Waals surface area contributed by atoms with Crippen LogP contribution in [0.4, 0.5) is 11.4 Å². The minimum absolute atomic E-state index is 0.120. The third kappa shape index (κ3) is 2.54. The molecule has 0 bridgehead atoms. The molecule has 1 aromatic rings. The number of hydrogen-bond acceptors (Lipinski definition) is 2. The molecule has 1 aromatic carbocycles. The number of aryl methyl sites for hydroxylation is 2. The maximum absolute atomic E-state index is 11.7. The molecule has 3 N–H and O–H groups in total. The number of hydrogen-bond donors (Lipinski definition) is 2. The van der Waals surface area contributed by atoms with E-state index in [2.05, 4.69) is 5.32 Å². The molecule has 0 spiro atoms. The van der Waals surface area contributed by atoms with E-state index in [0.717, 1.165) is 22.5 Å². The first-order valence-electron chi connectivity index (χ1n) is 5.73. The quantitative estimate of drug-likeness (QED) is 0.766. The van der Waals surface area contributed by atoms with Crippen molar-refractivity contribution in [2.45, 2.75) is 33.1 Å². The summed E-state index contributed by atoms with van der Waals surface area (Å²) in [5.41, 5.74) is 9.49. The average Bonchev–Trinajstić information content (AvgIpc) is 2.98. The van der Waals surface area contributed by atoms with Crippen LogP contribution in [-0.4, -0.2) is 5.91 Å². The molecule has 0 saturated heterocycles. The van der Waals surface area contributed by atoms with Gasteiger partial charge in [0, 0.05) is 17.8 Å². The standard InChI is InChI=1S/C13H18N2O/c1-8-6-12(9(2)5-11(8)14)15-13(16)7-10-3-4-10/h5-6,10H,3-4,7,14H2,1-2H3,(H,15,16). The molecule has 0 heterocycles. The number of anilines is 2. The van der Waals surface area contributed by atoms with E-state index in [1.807, 2.05) is 26.0 Å². The van der Waals surface area contributed by atoms with Gasteiger partial charge >= 0.3 is 0 Å². The summed E-state index contributed by atoms with van der Waals surface area (Å²) in [6, 6.07) is 3.84. The Labute approximate surface area is 96.0 Å². The van der Waals surface area contributed by atoms with Gasteiger partial charge in [0.15, 0.2) is 0 Å². The van der Waals surface area contributed by atoms with Crippen LogP contribution >= 0.6 is 0 Å². The average molecular weight is 218 g/mol. The van der Waals surface area contributed by atoms with Gasteiger partial charge in [0.05, 0.1) is 0 Å². The van der Waals surface area contributed by atoms with Crippen LogP contribution in [0.2, 0.25) is 0 Å². The first kappa shape index (κ1) is 11.0. The van der Waals surface area contributed by atoms with Crippen molar-refractivity contribution >= 4 is 17.3 Å². The lowest BCUT2D eigenvalue weighted by Gasteiger charge is -2.11. The second kappa shape index (κ2) is 4.16. The second-order valence-corrected chi connectivity index (χ2v) is 4.72. The molecule has 16 heavy (non-hydrogen) atoms. The Kier molecular flexibility index (Phi) is 2.86. The summed E-state index contributed by atoms with van der Waals surface area (Å²) in [7, 11) is 0. The molecule has 1 fully saturated rings. The molecule has 1 saturated carbocycles. The van der Waals surface area contributed by atoms with Crippen LogP contribution in [0.5, 0.6) is 0 Å². The lowest BCUT2D eigenvalue weighted by atomic mass is 10.1. The van der Waals surface area contributed by atoms with Crippen LogP contribution in [-0.2, 0) is 4.79 Å². The highest BCUT2D eigenvalue weighted by Crippen LogP contribution is 2.32. The summed E-state index contributed by atoms with van der Waals surface area (Å²) in [4.78, 5) is 11.7. The van der Waals surface area contributed by atoms with Crippen LogP contribution in [0.25, 0.3) is 0 Å². The molecule has 1 aliphatic rings. The number of nitrogens with two attached hydrogens (primary N) is 1. The van der Waals surface area contributed by atoms with Crippen molar-refractivity contribution in [3.63, 3.8) is 0 Å². The predicted octanol–water partition coefficient (Wildman–Crippen LogP) is 2.62. The van der Waals surface area contributed by atoms with E-state index in [1.54, 1.807) is 0 Å². The van der Waals surface area contributed by atoms with Crippen molar-refractivity contribution in [2.24, 2.45) is 5.92 Å². The van der Waals surface area contributed by atoms with E-state index >= 15 is 0 Å². The summed E-state index contributed by atoms with van der Waals surface area (Å²) in [5, 5.41) is 2.96. The summed E-state index contributed by atoms with van der Waals surface area (Å²) >= 11 is 0. The fourth-order valence-electron chi connectivity index (χ4n) is 1.76. The van der Waals surface area contributed by atoms with Crippen LogP contribution in [0, 0.1) is 19.8 Å². The Morgan fingerprint density at radius 2 is 2.06 bits per heavy atom. The van der Waals surface area contributed by atoms with E-state index in [0.29, 0.717) is 12.3 Å².